The van der Waals surface area contributed by atoms with Gasteiger partial charge in [0.15, 0.2) is 6.10 Å². The summed E-state index contributed by atoms with van der Waals surface area (Å²) in [4.78, 5) is 0. The van der Waals surface area contributed by atoms with Crippen molar-refractivity contribution in [3.63, 3.8) is 0 Å². The maximum Gasteiger partial charge on any atom is 0.425 e. The van der Waals surface area contributed by atoms with E-state index in [9.17, 15) is 13.2 Å². The first-order chi connectivity index (χ1) is 6.39. The van der Waals surface area contributed by atoms with Crippen LogP contribution in [0.25, 0.3) is 0 Å². The van der Waals surface area contributed by atoms with Crippen molar-refractivity contribution in [2.45, 2.75) is 26.1 Å². The average Bonchev–Trinajstić information content (AvgIpc) is 2.07. The highest BCUT2D eigenvalue weighted by Gasteiger charge is 2.37. The van der Waals surface area contributed by atoms with Crippen LogP contribution in [-0.4, -0.2) is 12.3 Å². The van der Waals surface area contributed by atoms with E-state index in [0.29, 0.717) is 0 Å². The van der Waals surface area contributed by atoms with Crippen molar-refractivity contribution in [1.29, 1.82) is 0 Å². The lowest BCUT2D eigenvalue weighted by Gasteiger charge is -2.17. The number of benzene rings is 1. The Morgan fingerprint density at radius 1 is 1.14 bits per heavy atom. The normalized spacial score (nSPS) is 13.8. The fourth-order valence-corrected chi connectivity index (χ4v) is 0.888. The number of ether oxygens (including phenoxy) is 1. The summed E-state index contributed by atoms with van der Waals surface area (Å²) < 4.78 is 41.0. The molecule has 0 radical (unpaired) electrons. The second kappa shape index (κ2) is 3.90. The van der Waals surface area contributed by atoms with E-state index >= 15 is 0 Å². The van der Waals surface area contributed by atoms with Crippen molar-refractivity contribution < 1.29 is 17.9 Å². The largest absolute Gasteiger partial charge is 0.481 e. The summed E-state index contributed by atoms with van der Waals surface area (Å²) in [5.74, 6) is 0.237. The van der Waals surface area contributed by atoms with Crippen LogP contribution in [0.4, 0.5) is 13.2 Å². The van der Waals surface area contributed by atoms with Gasteiger partial charge in [-0.25, -0.2) is 0 Å². The zero-order chi connectivity index (χ0) is 10.8. The van der Waals surface area contributed by atoms with Crippen molar-refractivity contribution in [3.05, 3.63) is 29.8 Å². The lowest BCUT2D eigenvalue weighted by Crippen LogP contribution is -2.31. The summed E-state index contributed by atoms with van der Waals surface area (Å²) in [5.41, 5.74) is 0.983. The van der Waals surface area contributed by atoms with Gasteiger partial charge in [-0.1, -0.05) is 17.7 Å². The summed E-state index contributed by atoms with van der Waals surface area (Å²) in [6, 6.07) is 6.46. The Morgan fingerprint density at radius 3 is 2.07 bits per heavy atom. The fraction of sp³-hybridized carbons (Fsp3) is 0.400. The molecule has 0 aliphatic carbocycles. The molecule has 0 saturated carbocycles. The minimum Gasteiger partial charge on any atom is -0.481 e. The van der Waals surface area contributed by atoms with Crippen LogP contribution in [0.3, 0.4) is 0 Å². The van der Waals surface area contributed by atoms with Gasteiger partial charge in [0, 0.05) is 0 Å². The molecule has 0 spiro atoms. The highest BCUT2D eigenvalue weighted by atomic mass is 19.4. The Kier molecular flexibility index (Phi) is 3.03. The van der Waals surface area contributed by atoms with Crippen LogP contribution < -0.4 is 4.74 Å². The predicted molar refractivity (Wildman–Crippen MR) is 47.3 cm³/mol. The number of halogens is 3. The molecule has 78 valence electrons. The average molecular weight is 204 g/mol. The Bertz CT molecular complexity index is 289. The Balaban J connectivity index is 2.65. The summed E-state index contributed by atoms with van der Waals surface area (Å²) in [6.45, 7) is 2.84. The lowest BCUT2D eigenvalue weighted by molar-refractivity contribution is -0.189. The fourth-order valence-electron chi connectivity index (χ4n) is 0.888. The van der Waals surface area contributed by atoms with Crippen LogP contribution in [0.1, 0.15) is 12.5 Å². The van der Waals surface area contributed by atoms with Crippen LogP contribution in [0.15, 0.2) is 24.3 Å². The standard InChI is InChI=1S/C10H11F3O/c1-7-3-5-9(6-4-7)14-8(2)10(11,12)13/h3-6,8H,1-2H3/t8-/m1/s1. The molecule has 14 heavy (non-hydrogen) atoms. The molecule has 1 aromatic rings. The lowest BCUT2D eigenvalue weighted by atomic mass is 10.2. The monoisotopic (exact) mass is 204 g/mol. The molecular weight excluding hydrogens is 193 g/mol. The van der Waals surface area contributed by atoms with Crippen LogP contribution in [-0.2, 0) is 0 Å². The van der Waals surface area contributed by atoms with E-state index in [1.165, 1.54) is 12.1 Å². The Labute approximate surface area is 80.5 Å². The minimum absolute atomic E-state index is 0.237. The van der Waals surface area contributed by atoms with Crippen LogP contribution in [0.2, 0.25) is 0 Å². The van der Waals surface area contributed by atoms with E-state index in [4.69, 9.17) is 4.74 Å². The van der Waals surface area contributed by atoms with Gasteiger partial charge in [0.25, 0.3) is 0 Å². The van der Waals surface area contributed by atoms with Gasteiger partial charge in [-0.3, -0.25) is 0 Å². The van der Waals surface area contributed by atoms with E-state index in [1.54, 1.807) is 12.1 Å². The van der Waals surface area contributed by atoms with E-state index in [0.717, 1.165) is 12.5 Å². The number of hydrogen-bond donors (Lipinski definition) is 0. The van der Waals surface area contributed by atoms with Gasteiger partial charge in [0.1, 0.15) is 5.75 Å². The second-order valence-electron chi connectivity index (χ2n) is 3.11. The van der Waals surface area contributed by atoms with Crippen molar-refractivity contribution in [3.8, 4) is 5.75 Å². The maximum atomic E-state index is 12.1. The van der Waals surface area contributed by atoms with Crippen LogP contribution >= 0.6 is 0 Å². The number of rotatable bonds is 2. The highest BCUT2D eigenvalue weighted by molar-refractivity contribution is 5.26. The van der Waals surface area contributed by atoms with Gasteiger partial charge in [-0.2, -0.15) is 13.2 Å². The molecule has 0 aliphatic rings. The van der Waals surface area contributed by atoms with E-state index in [2.05, 4.69) is 0 Å². The number of alkyl halides is 3. The zero-order valence-corrected chi connectivity index (χ0v) is 7.93. The molecule has 0 aromatic heterocycles. The van der Waals surface area contributed by atoms with Crippen LogP contribution in [0.5, 0.6) is 5.75 Å². The predicted octanol–water partition coefficient (Wildman–Crippen LogP) is 3.32. The van der Waals surface area contributed by atoms with E-state index in [-0.39, 0.29) is 5.75 Å². The summed E-state index contributed by atoms with van der Waals surface area (Å²) in [6.07, 6.45) is -6.09. The van der Waals surface area contributed by atoms with Gasteiger partial charge in [-0.05, 0) is 26.0 Å². The van der Waals surface area contributed by atoms with Crippen molar-refractivity contribution in [2.75, 3.05) is 0 Å². The Morgan fingerprint density at radius 2 is 1.64 bits per heavy atom. The third kappa shape index (κ3) is 2.94. The summed E-state index contributed by atoms with van der Waals surface area (Å²) in [5, 5.41) is 0. The SMILES string of the molecule is Cc1ccc(O[C@H](C)C(F)(F)F)cc1. The molecule has 1 nitrogen and oxygen atoms in total. The second-order valence-corrected chi connectivity index (χ2v) is 3.11. The molecule has 0 bridgehead atoms. The van der Waals surface area contributed by atoms with Crippen molar-refractivity contribution in [2.24, 2.45) is 0 Å². The first-order valence-corrected chi connectivity index (χ1v) is 4.19. The third-order valence-corrected chi connectivity index (χ3v) is 1.79. The molecule has 0 amide bonds. The third-order valence-electron chi connectivity index (χ3n) is 1.79. The summed E-state index contributed by atoms with van der Waals surface area (Å²) >= 11 is 0. The molecule has 0 heterocycles. The first-order valence-electron chi connectivity index (χ1n) is 4.19. The smallest absolute Gasteiger partial charge is 0.425 e. The van der Waals surface area contributed by atoms with Crippen molar-refractivity contribution in [1.82, 2.24) is 0 Å². The molecule has 0 saturated heterocycles. The molecule has 0 N–H and O–H groups in total. The summed E-state index contributed by atoms with van der Waals surface area (Å²) in [7, 11) is 0. The molecular formula is C10H11F3O. The molecule has 4 heteroatoms. The molecule has 1 aromatic carbocycles. The molecule has 0 unspecified atom stereocenters. The van der Waals surface area contributed by atoms with Gasteiger partial charge in [-0.15, -0.1) is 0 Å². The molecule has 1 rings (SSSR count). The molecule has 0 fully saturated rings. The van der Waals surface area contributed by atoms with Gasteiger partial charge in [0.2, 0.25) is 0 Å². The van der Waals surface area contributed by atoms with Gasteiger partial charge in [0.05, 0.1) is 0 Å². The van der Waals surface area contributed by atoms with E-state index in [1.807, 2.05) is 6.92 Å². The van der Waals surface area contributed by atoms with Gasteiger partial charge >= 0.3 is 6.18 Å². The van der Waals surface area contributed by atoms with Crippen molar-refractivity contribution >= 4 is 0 Å². The first kappa shape index (κ1) is 10.9. The Hall–Kier alpha value is -1.19. The topological polar surface area (TPSA) is 9.23 Å². The van der Waals surface area contributed by atoms with E-state index < -0.39 is 12.3 Å². The maximum absolute atomic E-state index is 12.1. The highest BCUT2D eigenvalue weighted by Crippen LogP contribution is 2.24. The van der Waals surface area contributed by atoms with Gasteiger partial charge < -0.3 is 4.74 Å². The molecule has 1 atom stereocenters. The quantitative estimate of drug-likeness (QED) is 0.718. The zero-order valence-electron chi connectivity index (χ0n) is 7.93. The molecule has 0 aliphatic heterocycles. The van der Waals surface area contributed by atoms with Crippen LogP contribution in [0, 0.1) is 6.92 Å². The number of aryl methyl sites for hydroxylation is 1. The minimum atomic E-state index is -4.31. The number of hydrogen-bond acceptors (Lipinski definition) is 1.